The van der Waals surface area contributed by atoms with E-state index in [0.717, 1.165) is 16.8 Å². The topological polar surface area (TPSA) is 134 Å². The van der Waals surface area contributed by atoms with Crippen molar-refractivity contribution in [1.29, 1.82) is 0 Å². The Kier molecular flexibility index (Phi) is 8.96. The van der Waals surface area contributed by atoms with Gasteiger partial charge >= 0.3 is 12.0 Å². The van der Waals surface area contributed by atoms with Gasteiger partial charge in [-0.3, -0.25) is 4.79 Å². The molecule has 206 valence electrons. The molecule has 3 aromatic carbocycles. The lowest BCUT2D eigenvalue weighted by molar-refractivity contribution is -0.121. The van der Waals surface area contributed by atoms with E-state index >= 15 is 0 Å². The second-order valence-electron chi connectivity index (χ2n) is 9.98. The van der Waals surface area contributed by atoms with Crippen molar-refractivity contribution in [3.8, 4) is 11.3 Å². The van der Waals surface area contributed by atoms with E-state index in [2.05, 4.69) is 21.1 Å². The smallest absolute Gasteiger partial charge is 0.336 e. The number of aromatic carboxylic acids is 1. The Morgan fingerprint density at radius 2 is 1.62 bits per heavy atom. The monoisotopic (exact) mass is 540 g/mol. The molecule has 0 aliphatic heterocycles. The van der Waals surface area contributed by atoms with Crippen molar-refractivity contribution < 1.29 is 24.0 Å². The van der Waals surface area contributed by atoms with Gasteiger partial charge in [-0.25, -0.2) is 9.59 Å². The third-order valence-electron chi connectivity index (χ3n) is 6.32. The highest BCUT2D eigenvalue weighted by molar-refractivity contribution is 6.00. The van der Waals surface area contributed by atoms with Crippen LogP contribution in [-0.2, 0) is 11.2 Å². The number of aryl methyl sites for hydroxylation is 1. The van der Waals surface area contributed by atoms with E-state index < -0.39 is 12.0 Å². The molecule has 0 saturated heterocycles. The predicted molar refractivity (Wildman–Crippen MR) is 153 cm³/mol. The predicted octanol–water partition coefficient (Wildman–Crippen LogP) is 6.44. The molecular formula is C31H32N4O5. The number of benzene rings is 3. The highest BCUT2D eigenvalue weighted by atomic mass is 16.5. The van der Waals surface area contributed by atoms with Crippen LogP contribution < -0.4 is 16.0 Å². The molecule has 0 fully saturated rings. The molecule has 4 aromatic rings. The van der Waals surface area contributed by atoms with Crippen LogP contribution in [0.3, 0.4) is 0 Å². The fourth-order valence-corrected chi connectivity index (χ4v) is 4.32. The lowest BCUT2D eigenvalue weighted by atomic mass is 9.99. The van der Waals surface area contributed by atoms with E-state index in [0.29, 0.717) is 29.1 Å². The lowest BCUT2D eigenvalue weighted by Crippen LogP contribution is -2.31. The molecule has 3 amide bonds. The van der Waals surface area contributed by atoms with E-state index in [9.17, 15) is 19.5 Å². The molecule has 0 aliphatic rings. The summed E-state index contributed by atoms with van der Waals surface area (Å²) in [5.41, 5.74) is 4.13. The number of carboxylic acids is 1. The third kappa shape index (κ3) is 7.35. The Bertz CT molecular complexity index is 1490. The van der Waals surface area contributed by atoms with Crippen molar-refractivity contribution in [1.82, 2.24) is 10.5 Å². The first-order chi connectivity index (χ1) is 19.2. The van der Waals surface area contributed by atoms with E-state index in [1.54, 1.807) is 48.5 Å². The first kappa shape index (κ1) is 28.1. The highest BCUT2D eigenvalue weighted by Crippen LogP contribution is 2.29. The number of anilines is 2. The molecule has 1 aromatic heterocycles. The van der Waals surface area contributed by atoms with Crippen LogP contribution in [0.15, 0.2) is 83.4 Å². The summed E-state index contributed by atoms with van der Waals surface area (Å²) in [6, 6.07) is 22.0. The summed E-state index contributed by atoms with van der Waals surface area (Å²) in [7, 11) is 0. The number of urea groups is 1. The number of nitrogens with zero attached hydrogens (tertiary/aromatic N) is 1. The molecular weight excluding hydrogens is 508 g/mol. The zero-order chi connectivity index (χ0) is 28.6. The normalized spacial score (nSPS) is 11.6. The number of hydrogen-bond donors (Lipinski definition) is 4. The Morgan fingerprint density at radius 1 is 0.925 bits per heavy atom. The van der Waals surface area contributed by atoms with Gasteiger partial charge in [0.15, 0.2) is 5.76 Å². The summed E-state index contributed by atoms with van der Waals surface area (Å²) in [4.78, 5) is 36.9. The molecule has 0 unspecified atom stereocenters. The van der Waals surface area contributed by atoms with Gasteiger partial charge in [-0.1, -0.05) is 67.5 Å². The summed E-state index contributed by atoms with van der Waals surface area (Å²) in [6.45, 7) is 6.00. The molecule has 0 radical (unpaired) electrons. The van der Waals surface area contributed by atoms with Gasteiger partial charge in [0.1, 0.15) is 5.69 Å². The van der Waals surface area contributed by atoms with Gasteiger partial charge < -0.3 is 25.6 Å². The number of nitrogens with one attached hydrogen (secondary N) is 3. The molecule has 9 nitrogen and oxygen atoms in total. The van der Waals surface area contributed by atoms with Crippen LogP contribution in [0.1, 0.15) is 53.5 Å². The van der Waals surface area contributed by atoms with E-state index in [-0.39, 0.29) is 29.8 Å². The summed E-state index contributed by atoms with van der Waals surface area (Å²) in [5, 5.41) is 22.3. The fraction of sp³-hybridized carbons (Fsp3) is 0.226. The number of carboxylic acid groups (broad SMARTS) is 1. The molecule has 0 bridgehead atoms. The van der Waals surface area contributed by atoms with Crippen molar-refractivity contribution >= 4 is 29.3 Å². The first-order valence-corrected chi connectivity index (χ1v) is 13.0. The highest BCUT2D eigenvalue weighted by Gasteiger charge is 2.22. The molecule has 9 heteroatoms. The number of carbonyl (C=O) groups is 3. The largest absolute Gasteiger partial charge is 0.478 e. The van der Waals surface area contributed by atoms with Gasteiger partial charge in [-0.15, -0.1) is 0 Å². The second-order valence-corrected chi connectivity index (χ2v) is 9.98. The minimum absolute atomic E-state index is 0.111. The van der Waals surface area contributed by atoms with Crippen molar-refractivity contribution in [3.05, 3.63) is 101 Å². The molecule has 1 heterocycles. The molecule has 0 spiro atoms. The SMILES string of the molecule is Cc1ccccc1NC(=O)Nc1ccc(CC(=O)N[C@@H](CC(C)C)c2cc(-c3ccccc3C(=O)O)on2)cc1. The second kappa shape index (κ2) is 12.8. The molecule has 4 N–H and O–H groups in total. The maximum absolute atomic E-state index is 13.0. The molecule has 0 aliphatic carbocycles. The van der Waals surface area contributed by atoms with Gasteiger partial charge in [0, 0.05) is 23.0 Å². The van der Waals surface area contributed by atoms with Crippen molar-refractivity contribution in [2.45, 2.75) is 39.7 Å². The Hall–Kier alpha value is -4.92. The standard InChI is InChI=1S/C31H32N4O5/c1-19(2)16-26(27-18-28(40-35-27)23-9-5-6-10-24(23)30(37)38)33-29(36)17-21-12-14-22(15-13-21)32-31(39)34-25-11-7-4-8-20(25)3/h4-15,18-19,26H,16-17H2,1-3H3,(H,33,36)(H,37,38)(H2,32,34,39)/t26-/m0/s1. The quantitative estimate of drug-likeness (QED) is 0.183. The maximum atomic E-state index is 13.0. The summed E-state index contributed by atoms with van der Waals surface area (Å²) in [5.74, 6) is -0.675. The number of rotatable bonds is 10. The lowest BCUT2D eigenvalue weighted by Gasteiger charge is -2.18. The minimum atomic E-state index is -1.06. The van der Waals surface area contributed by atoms with Crippen LogP contribution in [0.5, 0.6) is 0 Å². The molecule has 0 saturated carbocycles. The maximum Gasteiger partial charge on any atom is 0.336 e. The number of amides is 3. The van der Waals surface area contributed by atoms with Gasteiger partial charge in [-0.2, -0.15) is 0 Å². The summed E-state index contributed by atoms with van der Waals surface area (Å²) >= 11 is 0. The Labute approximate surface area is 232 Å². The average Bonchev–Trinajstić information content (AvgIpc) is 3.41. The molecule has 4 rings (SSSR count). The Morgan fingerprint density at radius 3 is 2.33 bits per heavy atom. The Balaban J connectivity index is 1.39. The number of para-hydroxylation sites is 1. The van der Waals surface area contributed by atoms with Crippen molar-refractivity contribution in [2.75, 3.05) is 10.6 Å². The van der Waals surface area contributed by atoms with E-state index in [1.165, 1.54) is 6.07 Å². The van der Waals surface area contributed by atoms with Crippen LogP contribution in [-0.4, -0.2) is 28.2 Å². The average molecular weight is 541 g/mol. The van der Waals surface area contributed by atoms with Crippen molar-refractivity contribution in [2.24, 2.45) is 5.92 Å². The van der Waals surface area contributed by atoms with Crippen LogP contribution in [0, 0.1) is 12.8 Å². The van der Waals surface area contributed by atoms with Crippen molar-refractivity contribution in [3.63, 3.8) is 0 Å². The third-order valence-corrected chi connectivity index (χ3v) is 6.32. The molecule has 40 heavy (non-hydrogen) atoms. The first-order valence-electron chi connectivity index (χ1n) is 13.0. The zero-order valence-corrected chi connectivity index (χ0v) is 22.6. The van der Waals surface area contributed by atoms with Crippen LogP contribution in [0.2, 0.25) is 0 Å². The minimum Gasteiger partial charge on any atom is -0.478 e. The van der Waals surface area contributed by atoms with E-state index in [4.69, 9.17) is 4.52 Å². The fourth-order valence-electron chi connectivity index (χ4n) is 4.32. The number of hydrogen-bond acceptors (Lipinski definition) is 5. The van der Waals surface area contributed by atoms with Gasteiger partial charge in [0.05, 0.1) is 18.0 Å². The van der Waals surface area contributed by atoms with Gasteiger partial charge in [-0.05, 0) is 54.7 Å². The van der Waals surface area contributed by atoms with E-state index in [1.807, 2.05) is 45.0 Å². The zero-order valence-electron chi connectivity index (χ0n) is 22.6. The van der Waals surface area contributed by atoms with Crippen LogP contribution in [0.25, 0.3) is 11.3 Å². The summed E-state index contributed by atoms with van der Waals surface area (Å²) in [6.07, 6.45) is 0.758. The van der Waals surface area contributed by atoms with Crippen LogP contribution in [0.4, 0.5) is 16.2 Å². The van der Waals surface area contributed by atoms with Gasteiger partial charge in [0.2, 0.25) is 5.91 Å². The summed E-state index contributed by atoms with van der Waals surface area (Å²) < 4.78 is 5.49. The number of carbonyl (C=O) groups excluding carboxylic acids is 2. The number of aromatic nitrogens is 1. The van der Waals surface area contributed by atoms with Gasteiger partial charge in [0.25, 0.3) is 0 Å². The molecule has 1 atom stereocenters. The van der Waals surface area contributed by atoms with Crippen LogP contribution >= 0.6 is 0 Å².